The highest BCUT2D eigenvalue weighted by Gasteiger charge is 2.23. The van der Waals surface area contributed by atoms with Crippen LogP contribution in [-0.4, -0.2) is 27.9 Å². The molecule has 0 fully saturated rings. The average Bonchev–Trinajstić information content (AvgIpc) is 2.96. The van der Waals surface area contributed by atoms with Crippen molar-refractivity contribution in [1.82, 2.24) is 4.90 Å². The van der Waals surface area contributed by atoms with Gasteiger partial charge in [-0.25, -0.2) is 9.18 Å². The topological polar surface area (TPSA) is 70.8 Å². The van der Waals surface area contributed by atoms with Gasteiger partial charge in [0.2, 0.25) is 0 Å². The van der Waals surface area contributed by atoms with E-state index in [1.165, 1.54) is 23.3 Å². The van der Waals surface area contributed by atoms with E-state index in [4.69, 9.17) is 9.52 Å². The maximum Gasteiger partial charge on any atom is 0.335 e. The average molecular weight is 305 g/mol. The van der Waals surface area contributed by atoms with Gasteiger partial charge in [0.05, 0.1) is 23.9 Å². The van der Waals surface area contributed by atoms with Gasteiger partial charge in [-0.05, 0) is 44.2 Å². The number of nitrogens with zero attached hydrogens (tertiary/aromatic N) is 1. The number of halogens is 1. The van der Waals surface area contributed by atoms with Crippen molar-refractivity contribution in [3.8, 4) is 0 Å². The van der Waals surface area contributed by atoms with Crippen molar-refractivity contribution < 1.29 is 23.5 Å². The number of furan rings is 1. The van der Waals surface area contributed by atoms with E-state index >= 15 is 0 Å². The molecule has 0 aliphatic rings. The molecule has 0 aliphatic carbocycles. The molecule has 116 valence electrons. The zero-order chi connectivity index (χ0) is 16.3. The highest BCUT2D eigenvalue weighted by Crippen LogP contribution is 2.17. The van der Waals surface area contributed by atoms with Gasteiger partial charge in [-0.3, -0.25) is 4.79 Å². The minimum absolute atomic E-state index is 0.162. The Hall–Kier alpha value is -2.63. The molecule has 5 nitrogen and oxygen atoms in total. The Balaban J connectivity index is 2.29. The Kier molecular flexibility index (Phi) is 4.60. The molecule has 0 radical (unpaired) electrons. The fourth-order valence-corrected chi connectivity index (χ4v) is 2.04. The third-order valence-electron chi connectivity index (χ3n) is 3.24. The number of carboxylic acid groups (broad SMARTS) is 1. The van der Waals surface area contributed by atoms with E-state index in [2.05, 4.69) is 0 Å². The largest absolute Gasteiger partial charge is 0.478 e. The van der Waals surface area contributed by atoms with Crippen molar-refractivity contribution >= 4 is 11.9 Å². The number of aromatic carboxylic acids is 1. The molecule has 1 amide bonds. The second-order valence-corrected chi connectivity index (χ2v) is 5.11. The van der Waals surface area contributed by atoms with E-state index in [1.54, 1.807) is 12.1 Å². The van der Waals surface area contributed by atoms with Crippen molar-refractivity contribution in [3.63, 3.8) is 0 Å². The van der Waals surface area contributed by atoms with Gasteiger partial charge >= 0.3 is 5.97 Å². The predicted molar refractivity (Wildman–Crippen MR) is 77.1 cm³/mol. The van der Waals surface area contributed by atoms with Crippen LogP contribution >= 0.6 is 0 Å². The quantitative estimate of drug-likeness (QED) is 0.921. The molecule has 1 aromatic heterocycles. The van der Waals surface area contributed by atoms with Crippen LogP contribution in [0.1, 0.15) is 40.3 Å². The van der Waals surface area contributed by atoms with Crippen LogP contribution < -0.4 is 0 Å². The molecule has 0 saturated heterocycles. The van der Waals surface area contributed by atoms with Crippen molar-refractivity contribution in [2.24, 2.45) is 0 Å². The maximum atomic E-state index is 14.0. The fraction of sp³-hybridized carbons (Fsp3) is 0.250. The van der Waals surface area contributed by atoms with Crippen LogP contribution in [0.4, 0.5) is 4.39 Å². The Morgan fingerprint density at radius 1 is 1.32 bits per heavy atom. The number of carboxylic acids is 1. The molecule has 0 saturated carbocycles. The lowest BCUT2D eigenvalue weighted by Gasteiger charge is -2.26. The highest BCUT2D eigenvalue weighted by atomic mass is 19.1. The Morgan fingerprint density at radius 2 is 2.05 bits per heavy atom. The minimum Gasteiger partial charge on any atom is -0.478 e. The second-order valence-electron chi connectivity index (χ2n) is 5.11. The summed E-state index contributed by atoms with van der Waals surface area (Å²) in [6, 6.07) is 6.52. The Bertz CT molecular complexity index is 679. The first-order chi connectivity index (χ1) is 10.4. The van der Waals surface area contributed by atoms with Gasteiger partial charge in [0.1, 0.15) is 11.6 Å². The third kappa shape index (κ3) is 3.33. The lowest BCUT2D eigenvalue weighted by molar-refractivity contribution is 0.0664. The zero-order valence-corrected chi connectivity index (χ0v) is 12.2. The first-order valence-electron chi connectivity index (χ1n) is 6.76. The molecule has 1 aromatic carbocycles. The summed E-state index contributed by atoms with van der Waals surface area (Å²) in [7, 11) is 0. The summed E-state index contributed by atoms with van der Waals surface area (Å²) in [5, 5.41) is 8.83. The summed E-state index contributed by atoms with van der Waals surface area (Å²) >= 11 is 0. The number of hydrogen-bond acceptors (Lipinski definition) is 3. The van der Waals surface area contributed by atoms with Crippen molar-refractivity contribution in [3.05, 3.63) is 59.3 Å². The first-order valence-corrected chi connectivity index (χ1v) is 6.76. The molecule has 2 aromatic rings. The van der Waals surface area contributed by atoms with E-state index in [9.17, 15) is 14.0 Å². The standard InChI is InChI=1S/C16H16FNO4/c1-10(2)18(9-12-4-3-7-22-12)15(19)13-6-5-11(16(20)21)8-14(13)17/h3-8,10H,9H2,1-2H3,(H,20,21). The molecule has 0 atom stereocenters. The highest BCUT2D eigenvalue weighted by molar-refractivity contribution is 5.96. The molecular formula is C16H16FNO4. The lowest BCUT2D eigenvalue weighted by atomic mass is 10.1. The van der Waals surface area contributed by atoms with Crippen molar-refractivity contribution in [2.75, 3.05) is 0 Å². The number of carbonyl (C=O) groups is 2. The number of rotatable bonds is 5. The number of benzene rings is 1. The number of amides is 1. The van der Waals surface area contributed by atoms with Gasteiger partial charge in [-0.15, -0.1) is 0 Å². The summed E-state index contributed by atoms with van der Waals surface area (Å²) in [5.41, 5.74) is -0.360. The van der Waals surface area contributed by atoms with Gasteiger partial charge in [0.15, 0.2) is 0 Å². The summed E-state index contributed by atoms with van der Waals surface area (Å²) in [5.74, 6) is -2.02. The first kappa shape index (κ1) is 15.8. The van der Waals surface area contributed by atoms with E-state index < -0.39 is 17.7 Å². The SMILES string of the molecule is CC(C)N(Cc1ccco1)C(=O)c1ccc(C(=O)O)cc1F. The van der Waals surface area contributed by atoms with Crippen LogP contribution in [-0.2, 0) is 6.54 Å². The summed E-state index contributed by atoms with van der Waals surface area (Å²) in [6.45, 7) is 3.83. The molecule has 0 unspecified atom stereocenters. The molecule has 1 heterocycles. The van der Waals surface area contributed by atoms with E-state index in [-0.39, 0.29) is 23.7 Å². The maximum absolute atomic E-state index is 14.0. The second kappa shape index (κ2) is 6.43. The minimum atomic E-state index is -1.24. The van der Waals surface area contributed by atoms with Crippen LogP contribution in [0, 0.1) is 5.82 Å². The van der Waals surface area contributed by atoms with E-state index in [0.717, 1.165) is 6.07 Å². The predicted octanol–water partition coefficient (Wildman–Crippen LogP) is 3.17. The van der Waals surface area contributed by atoms with Crippen molar-refractivity contribution in [2.45, 2.75) is 26.4 Å². The summed E-state index contributed by atoms with van der Waals surface area (Å²) < 4.78 is 19.2. The Labute approximate surface area is 127 Å². The monoisotopic (exact) mass is 305 g/mol. The van der Waals surface area contributed by atoms with Crippen LogP contribution in [0.25, 0.3) is 0 Å². The van der Waals surface area contributed by atoms with Crippen LogP contribution in [0.15, 0.2) is 41.0 Å². The molecule has 0 bridgehead atoms. The molecule has 6 heteroatoms. The lowest BCUT2D eigenvalue weighted by Crippen LogP contribution is -2.36. The van der Waals surface area contributed by atoms with E-state index in [1.807, 2.05) is 13.8 Å². The van der Waals surface area contributed by atoms with Gasteiger partial charge in [-0.1, -0.05) is 0 Å². The Morgan fingerprint density at radius 3 is 2.55 bits per heavy atom. The fourth-order valence-electron chi connectivity index (χ4n) is 2.04. The van der Waals surface area contributed by atoms with Crippen molar-refractivity contribution in [1.29, 1.82) is 0 Å². The van der Waals surface area contributed by atoms with Gasteiger partial charge in [-0.2, -0.15) is 0 Å². The van der Waals surface area contributed by atoms with E-state index in [0.29, 0.717) is 5.76 Å². The van der Waals surface area contributed by atoms with Crippen LogP contribution in [0.5, 0.6) is 0 Å². The van der Waals surface area contributed by atoms with Crippen LogP contribution in [0.2, 0.25) is 0 Å². The zero-order valence-electron chi connectivity index (χ0n) is 12.2. The number of hydrogen-bond donors (Lipinski definition) is 1. The normalized spacial score (nSPS) is 10.7. The number of carbonyl (C=O) groups excluding carboxylic acids is 1. The van der Waals surface area contributed by atoms with Gasteiger partial charge in [0.25, 0.3) is 5.91 Å². The van der Waals surface area contributed by atoms with Gasteiger partial charge in [0, 0.05) is 6.04 Å². The molecule has 0 aliphatic heterocycles. The smallest absolute Gasteiger partial charge is 0.335 e. The third-order valence-corrected chi connectivity index (χ3v) is 3.24. The molecule has 22 heavy (non-hydrogen) atoms. The molecule has 1 N–H and O–H groups in total. The molecule has 2 rings (SSSR count). The summed E-state index contributed by atoms with van der Waals surface area (Å²) in [6.07, 6.45) is 1.50. The van der Waals surface area contributed by atoms with Crippen LogP contribution in [0.3, 0.4) is 0 Å². The molecular weight excluding hydrogens is 289 g/mol. The molecule has 0 spiro atoms. The van der Waals surface area contributed by atoms with Gasteiger partial charge < -0.3 is 14.4 Å². The summed E-state index contributed by atoms with van der Waals surface area (Å²) in [4.78, 5) is 24.8.